The van der Waals surface area contributed by atoms with Gasteiger partial charge in [-0.25, -0.2) is 0 Å². The number of carbonyl (C=O) groups excluding carboxylic acids is 2. The lowest BCUT2D eigenvalue weighted by molar-refractivity contribution is -0.121. The molecule has 22 heavy (non-hydrogen) atoms. The topological polar surface area (TPSA) is 49.4 Å². The van der Waals surface area contributed by atoms with E-state index < -0.39 is 0 Å². The van der Waals surface area contributed by atoms with Gasteiger partial charge in [0.2, 0.25) is 11.8 Å². The molecule has 0 atom stereocenters. The van der Waals surface area contributed by atoms with E-state index in [0.717, 1.165) is 5.69 Å². The van der Waals surface area contributed by atoms with Crippen LogP contribution in [-0.2, 0) is 9.59 Å². The Labute approximate surface area is 133 Å². The molecule has 0 heterocycles. The first-order valence-electron chi connectivity index (χ1n) is 7.96. The summed E-state index contributed by atoms with van der Waals surface area (Å²) in [4.78, 5) is 25.3. The van der Waals surface area contributed by atoms with Gasteiger partial charge in [-0.05, 0) is 29.5 Å². The molecule has 0 aliphatic carbocycles. The van der Waals surface area contributed by atoms with E-state index in [1.54, 1.807) is 4.90 Å². The van der Waals surface area contributed by atoms with Crippen LogP contribution in [-0.4, -0.2) is 24.9 Å². The van der Waals surface area contributed by atoms with Crippen molar-refractivity contribution in [3.63, 3.8) is 0 Å². The van der Waals surface area contributed by atoms with E-state index in [0.29, 0.717) is 31.3 Å². The number of rotatable bonds is 7. The van der Waals surface area contributed by atoms with Gasteiger partial charge in [-0.15, -0.1) is 0 Å². The first-order chi connectivity index (χ1) is 10.3. The van der Waals surface area contributed by atoms with E-state index in [1.165, 1.54) is 12.5 Å². The molecule has 4 heteroatoms. The summed E-state index contributed by atoms with van der Waals surface area (Å²) in [6, 6.07) is 7.97. The summed E-state index contributed by atoms with van der Waals surface area (Å²) in [5.74, 6) is 0.825. The molecule has 2 amide bonds. The van der Waals surface area contributed by atoms with Crippen LogP contribution in [0.15, 0.2) is 24.3 Å². The fourth-order valence-corrected chi connectivity index (χ4v) is 2.13. The molecular formula is C18H28N2O2. The molecule has 0 fully saturated rings. The van der Waals surface area contributed by atoms with Crippen LogP contribution < -0.4 is 10.2 Å². The van der Waals surface area contributed by atoms with Gasteiger partial charge in [0, 0.05) is 32.1 Å². The Hall–Kier alpha value is -1.84. The lowest BCUT2D eigenvalue weighted by atomic mass is 10.0. The maximum atomic E-state index is 11.8. The van der Waals surface area contributed by atoms with Gasteiger partial charge in [0.15, 0.2) is 0 Å². The molecular weight excluding hydrogens is 276 g/mol. The Morgan fingerprint density at radius 3 is 2.14 bits per heavy atom. The smallest absolute Gasteiger partial charge is 0.223 e. The van der Waals surface area contributed by atoms with E-state index in [-0.39, 0.29) is 11.8 Å². The SMILES string of the molecule is CC(=O)N(CCC(=O)NCC(C)C)c1ccc(C(C)C)cc1. The molecule has 0 spiro atoms. The van der Waals surface area contributed by atoms with E-state index in [4.69, 9.17) is 0 Å². The predicted octanol–water partition coefficient (Wildman–Crippen LogP) is 3.33. The third-order valence-corrected chi connectivity index (χ3v) is 3.52. The number of carbonyl (C=O) groups is 2. The zero-order valence-corrected chi connectivity index (χ0v) is 14.3. The van der Waals surface area contributed by atoms with Crippen LogP contribution in [0.2, 0.25) is 0 Å². The van der Waals surface area contributed by atoms with Crippen LogP contribution in [0.1, 0.15) is 52.5 Å². The third-order valence-electron chi connectivity index (χ3n) is 3.52. The van der Waals surface area contributed by atoms with Gasteiger partial charge in [0.25, 0.3) is 0 Å². The average Bonchev–Trinajstić information content (AvgIpc) is 2.45. The number of amides is 2. The second kappa shape index (κ2) is 8.57. The number of nitrogens with one attached hydrogen (secondary N) is 1. The summed E-state index contributed by atoms with van der Waals surface area (Å²) < 4.78 is 0. The van der Waals surface area contributed by atoms with Crippen molar-refractivity contribution in [1.29, 1.82) is 0 Å². The molecule has 1 aromatic carbocycles. The van der Waals surface area contributed by atoms with Crippen molar-refractivity contribution in [3.8, 4) is 0 Å². The second-order valence-electron chi connectivity index (χ2n) is 6.36. The highest BCUT2D eigenvalue weighted by Crippen LogP contribution is 2.20. The molecule has 1 rings (SSSR count). The fourth-order valence-electron chi connectivity index (χ4n) is 2.13. The van der Waals surface area contributed by atoms with Crippen LogP contribution in [0.25, 0.3) is 0 Å². The molecule has 122 valence electrons. The molecule has 0 saturated heterocycles. The largest absolute Gasteiger partial charge is 0.356 e. The summed E-state index contributed by atoms with van der Waals surface area (Å²) in [5.41, 5.74) is 2.08. The minimum atomic E-state index is -0.0473. The van der Waals surface area contributed by atoms with Gasteiger partial charge in [0.05, 0.1) is 0 Å². The van der Waals surface area contributed by atoms with Crippen molar-refractivity contribution in [2.24, 2.45) is 5.92 Å². The minimum Gasteiger partial charge on any atom is -0.356 e. The van der Waals surface area contributed by atoms with E-state index in [2.05, 4.69) is 33.0 Å². The standard InChI is InChI=1S/C18H28N2O2/c1-13(2)12-19-18(22)10-11-20(15(5)21)17-8-6-16(7-9-17)14(3)4/h6-9,13-14H,10-12H2,1-5H3,(H,19,22). The minimum absolute atomic E-state index is 0.0150. The van der Waals surface area contributed by atoms with Crippen molar-refractivity contribution < 1.29 is 9.59 Å². The molecule has 0 aromatic heterocycles. The molecule has 0 bridgehead atoms. The highest BCUT2D eigenvalue weighted by molar-refractivity contribution is 5.92. The summed E-state index contributed by atoms with van der Waals surface area (Å²) in [7, 11) is 0. The maximum absolute atomic E-state index is 11.8. The van der Waals surface area contributed by atoms with Gasteiger partial charge in [-0.2, -0.15) is 0 Å². The first-order valence-corrected chi connectivity index (χ1v) is 7.96. The molecule has 0 unspecified atom stereocenters. The molecule has 1 N–H and O–H groups in total. The van der Waals surface area contributed by atoms with Crippen LogP contribution in [0.5, 0.6) is 0 Å². The molecule has 4 nitrogen and oxygen atoms in total. The van der Waals surface area contributed by atoms with Crippen LogP contribution in [0, 0.1) is 5.92 Å². The number of nitrogens with zero attached hydrogens (tertiary/aromatic N) is 1. The summed E-state index contributed by atoms with van der Waals surface area (Å²) in [6.45, 7) is 11.0. The van der Waals surface area contributed by atoms with Crippen molar-refractivity contribution in [2.75, 3.05) is 18.0 Å². The first kappa shape index (κ1) is 18.2. The molecule has 1 aromatic rings. The molecule has 0 saturated carbocycles. The normalized spacial score (nSPS) is 10.9. The zero-order valence-electron chi connectivity index (χ0n) is 14.3. The number of benzene rings is 1. The van der Waals surface area contributed by atoms with E-state index in [1.807, 2.05) is 24.3 Å². The average molecular weight is 304 g/mol. The highest BCUT2D eigenvalue weighted by atomic mass is 16.2. The number of hydrogen-bond acceptors (Lipinski definition) is 2. The number of hydrogen-bond donors (Lipinski definition) is 1. The van der Waals surface area contributed by atoms with Gasteiger partial charge in [-0.3, -0.25) is 9.59 Å². The summed E-state index contributed by atoms with van der Waals surface area (Å²) >= 11 is 0. The zero-order chi connectivity index (χ0) is 16.7. The second-order valence-corrected chi connectivity index (χ2v) is 6.36. The van der Waals surface area contributed by atoms with Crippen LogP contribution in [0.3, 0.4) is 0 Å². The maximum Gasteiger partial charge on any atom is 0.223 e. The summed E-state index contributed by atoms with van der Waals surface area (Å²) in [6.07, 6.45) is 0.318. The number of anilines is 1. The van der Waals surface area contributed by atoms with Crippen molar-refractivity contribution >= 4 is 17.5 Å². The Bertz CT molecular complexity index is 492. The lowest BCUT2D eigenvalue weighted by Gasteiger charge is -2.21. The highest BCUT2D eigenvalue weighted by Gasteiger charge is 2.13. The Morgan fingerprint density at radius 1 is 1.09 bits per heavy atom. The van der Waals surface area contributed by atoms with Crippen molar-refractivity contribution in [3.05, 3.63) is 29.8 Å². The Morgan fingerprint density at radius 2 is 1.68 bits per heavy atom. The molecule has 0 aliphatic rings. The van der Waals surface area contributed by atoms with Gasteiger partial charge in [-0.1, -0.05) is 39.8 Å². The van der Waals surface area contributed by atoms with Crippen molar-refractivity contribution in [1.82, 2.24) is 5.32 Å². The van der Waals surface area contributed by atoms with E-state index >= 15 is 0 Å². The van der Waals surface area contributed by atoms with Gasteiger partial charge in [0.1, 0.15) is 0 Å². The fraction of sp³-hybridized carbons (Fsp3) is 0.556. The van der Waals surface area contributed by atoms with Crippen molar-refractivity contribution in [2.45, 2.75) is 47.0 Å². The van der Waals surface area contributed by atoms with Crippen LogP contribution in [0.4, 0.5) is 5.69 Å². The van der Waals surface area contributed by atoms with Gasteiger partial charge < -0.3 is 10.2 Å². The van der Waals surface area contributed by atoms with Gasteiger partial charge >= 0.3 is 0 Å². The molecule has 0 aliphatic heterocycles. The Kier molecular flexibility index (Phi) is 7.09. The Balaban J connectivity index is 2.66. The third kappa shape index (κ3) is 5.88. The monoisotopic (exact) mass is 304 g/mol. The lowest BCUT2D eigenvalue weighted by Crippen LogP contribution is -2.34. The predicted molar refractivity (Wildman–Crippen MR) is 91.0 cm³/mol. The van der Waals surface area contributed by atoms with Crippen LogP contribution >= 0.6 is 0 Å². The quantitative estimate of drug-likeness (QED) is 0.840. The molecule has 0 radical (unpaired) electrons. The van der Waals surface area contributed by atoms with E-state index in [9.17, 15) is 9.59 Å². The summed E-state index contributed by atoms with van der Waals surface area (Å²) in [5, 5.41) is 2.87.